The van der Waals surface area contributed by atoms with Gasteiger partial charge < -0.3 is 15.0 Å². The lowest BCUT2D eigenvalue weighted by Crippen LogP contribution is -2.49. The molecule has 0 aliphatic carbocycles. The molecule has 2 fully saturated rings. The lowest BCUT2D eigenvalue weighted by Gasteiger charge is -2.39. The molecule has 164 valence electrons. The van der Waals surface area contributed by atoms with Crippen LogP contribution < -0.4 is 5.32 Å². The van der Waals surface area contributed by atoms with Crippen LogP contribution in [0.1, 0.15) is 33.1 Å². The van der Waals surface area contributed by atoms with E-state index in [1.165, 1.54) is 11.8 Å². The zero-order valence-corrected chi connectivity index (χ0v) is 19.2. The molecule has 8 heteroatoms. The van der Waals surface area contributed by atoms with Gasteiger partial charge in [0.05, 0.1) is 23.1 Å². The molecule has 0 saturated carbocycles. The van der Waals surface area contributed by atoms with Crippen LogP contribution in [0.3, 0.4) is 0 Å². The number of thioether (sulfide) groups is 1. The number of morpholine rings is 1. The van der Waals surface area contributed by atoms with E-state index in [0.717, 1.165) is 56.1 Å². The van der Waals surface area contributed by atoms with E-state index in [9.17, 15) is 9.59 Å². The highest BCUT2D eigenvalue weighted by molar-refractivity contribution is 8.01. The van der Waals surface area contributed by atoms with Crippen LogP contribution in [0.5, 0.6) is 0 Å². The molecule has 3 unspecified atom stereocenters. The molecule has 0 aromatic heterocycles. The fraction of sp³-hybridized carbons (Fsp3) is 0.636. The third-order valence-electron chi connectivity index (χ3n) is 6.10. The summed E-state index contributed by atoms with van der Waals surface area (Å²) in [6.45, 7) is 8.90. The zero-order valence-electron chi connectivity index (χ0n) is 17.6. The Balaban J connectivity index is 1.25. The SMILES string of the molecule is CC1CN(CC2CCN(C(=O)CC3Sc4ccc(Cl)cc4NC3=O)CC2)CC(C)O1. The van der Waals surface area contributed by atoms with Crippen LogP contribution in [0.2, 0.25) is 5.02 Å². The first-order chi connectivity index (χ1) is 14.4. The Morgan fingerprint density at radius 2 is 1.93 bits per heavy atom. The normalized spacial score (nSPS) is 28.2. The molecular formula is C22H30ClN3O3S. The number of amides is 2. The van der Waals surface area contributed by atoms with Gasteiger partial charge >= 0.3 is 0 Å². The number of fused-ring (bicyclic) bond motifs is 1. The number of anilines is 1. The number of ether oxygens (including phenoxy) is 1. The van der Waals surface area contributed by atoms with Crippen molar-refractivity contribution in [2.24, 2.45) is 5.92 Å². The Bertz CT molecular complexity index is 790. The third kappa shape index (κ3) is 5.31. The van der Waals surface area contributed by atoms with Gasteiger partial charge in [-0.15, -0.1) is 11.8 Å². The topological polar surface area (TPSA) is 61.9 Å². The minimum atomic E-state index is -0.389. The first-order valence-electron chi connectivity index (χ1n) is 10.8. The summed E-state index contributed by atoms with van der Waals surface area (Å²) in [4.78, 5) is 30.7. The number of hydrogen-bond acceptors (Lipinski definition) is 5. The van der Waals surface area contributed by atoms with Gasteiger partial charge in [-0.3, -0.25) is 14.5 Å². The van der Waals surface area contributed by atoms with E-state index >= 15 is 0 Å². The van der Waals surface area contributed by atoms with E-state index in [1.54, 1.807) is 6.07 Å². The highest BCUT2D eigenvalue weighted by Gasteiger charge is 2.32. The minimum Gasteiger partial charge on any atom is -0.373 e. The van der Waals surface area contributed by atoms with Gasteiger partial charge in [-0.25, -0.2) is 0 Å². The van der Waals surface area contributed by atoms with Gasteiger partial charge in [-0.05, 0) is 50.8 Å². The first kappa shape index (κ1) is 21.9. The van der Waals surface area contributed by atoms with E-state index in [1.807, 2.05) is 17.0 Å². The molecule has 2 amide bonds. The number of hydrogen-bond donors (Lipinski definition) is 1. The van der Waals surface area contributed by atoms with Gasteiger partial charge in [0.25, 0.3) is 0 Å². The van der Waals surface area contributed by atoms with Gasteiger partial charge in [0, 0.05) is 49.1 Å². The number of rotatable bonds is 4. The van der Waals surface area contributed by atoms with Crippen LogP contribution in [0, 0.1) is 5.92 Å². The second-order valence-corrected chi connectivity index (χ2v) is 10.4. The van der Waals surface area contributed by atoms with Crippen molar-refractivity contribution in [1.29, 1.82) is 0 Å². The largest absolute Gasteiger partial charge is 0.373 e. The molecule has 0 spiro atoms. The smallest absolute Gasteiger partial charge is 0.238 e. The van der Waals surface area contributed by atoms with Gasteiger partial charge in [0.2, 0.25) is 11.8 Å². The zero-order chi connectivity index (χ0) is 21.3. The number of carbonyl (C=O) groups excluding carboxylic acids is 2. The quantitative estimate of drug-likeness (QED) is 0.759. The van der Waals surface area contributed by atoms with Crippen LogP contribution in [0.15, 0.2) is 23.1 Å². The van der Waals surface area contributed by atoms with E-state index in [2.05, 4.69) is 24.1 Å². The fourth-order valence-corrected chi connectivity index (χ4v) is 5.96. The lowest BCUT2D eigenvalue weighted by atomic mass is 9.95. The molecule has 0 radical (unpaired) electrons. The third-order valence-corrected chi connectivity index (χ3v) is 7.61. The number of benzene rings is 1. The standard InChI is InChI=1S/C22H30ClN3O3S/c1-14-11-25(12-15(2)29-14)13-16-5-7-26(8-6-16)21(27)10-20-22(28)24-18-9-17(23)3-4-19(18)30-20/h3-4,9,14-16,20H,5-8,10-13H2,1-2H3,(H,24,28). The van der Waals surface area contributed by atoms with Crippen LogP contribution in [-0.2, 0) is 14.3 Å². The van der Waals surface area contributed by atoms with Crippen molar-refractivity contribution in [1.82, 2.24) is 9.80 Å². The van der Waals surface area contributed by atoms with E-state index < -0.39 is 0 Å². The fourth-order valence-electron chi connectivity index (χ4n) is 4.71. The van der Waals surface area contributed by atoms with Crippen molar-refractivity contribution in [3.63, 3.8) is 0 Å². The van der Waals surface area contributed by atoms with Crippen LogP contribution in [0.25, 0.3) is 0 Å². The Morgan fingerprint density at radius 3 is 2.63 bits per heavy atom. The van der Waals surface area contributed by atoms with Crippen LogP contribution in [-0.4, -0.2) is 71.8 Å². The summed E-state index contributed by atoms with van der Waals surface area (Å²) < 4.78 is 5.83. The number of halogens is 1. The van der Waals surface area contributed by atoms with Gasteiger partial charge in [0.15, 0.2) is 0 Å². The van der Waals surface area contributed by atoms with Crippen molar-refractivity contribution >= 4 is 40.9 Å². The van der Waals surface area contributed by atoms with Crippen LogP contribution in [0.4, 0.5) is 5.69 Å². The van der Waals surface area contributed by atoms with E-state index in [4.69, 9.17) is 16.3 Å². The van der Waals surface area contributed by atoms with Crippen LogP contribution >= 0.6 is 23.4 Å². The van der Waals surface area contributed by atoms with Crippen molar-refractivity contribution in [2.75, 3.05) is 38.0 Å². The van der Waals surface area contributed by atoms with Crippen molar-refractivity contribution in [2.45, 2.75) is 55.5 Å². The predicted octanol–water partition coefficient (Wildman–Crippen LogP) is 3.49. The van der Waals surface area contributed by atoms with Crippen molar-refractivity contribution in [3.8, 4) is 0 Å². The Kier molecular flexibility index (Phi) is 6.92. The lowest BCUT2D eigenvalue weighted by molar-refractivity contribution is -0.134. The highest BCUT2D eigenvalue weighted by atomic mass is 35.5. The molecule has 4 rings (SSSR count). The summed E-state index contributed by atoms with van der Waals surface area (Å²) in [7, 11) is 0. The molecule has 3 aliphatic rings. The molecule has 3 heterocycles. The van der Waals surface area contributed by atoms with Gasteiger partial charge in [-0.2, -0.15) is 0 Å². The molecule has 2 saturated heterocycles. The van der Waals surface area contributed by atoms with Crippen molar-refractivity contribution < 1.29 is 14.3 Å². The van der Waals surface area contributed by atoms with Gasteiger partial charge in [0.1, 0.15) is 0 Å². The average Bonchev–Trinajstić information content (AvgIpc) is 2.68. The minimum absolute atomic E-state index is 0.0760. The Labute approximate surface area is 187 Å². The maximum atomic E-state index is 12.8. The predicted molar refractivity (Wildman–Crippen MR) is 120 cm³/mol. The molecule has 1 aromatic rings. The number of nitrogens with one attached hydrogen (secondary N) is 1. The molecule has 3 aliphatic heterocycles. The summed E-state index contributed by atoms with van der Waals surface area (Å²) in [5.41, 5.74) is 0.730. The number of nitrogens with zero attached hydrogens (tertiary/aromatic N) is 2. The summed E-state index contributed by atoms with van der Waals surface area (Å²) >= 11 is 7.46. The molecular weight excluding hydrogens is 422 g/mol. The molecule has 30 heavy (non-hydrogen) atoms. The maximum absolute atomic E-state index is 12.8. The molecule has 1 N–H and O–H groups in total. The molecule has 0 bridgehead atoms. The second-order valence-electron chi connectivity index (χ2n) is 8.74. The number of piperidine rings is 1. The molecule has 3 atom stereocenters. The highest BCUT2D eigenvalue weighted by Crippen LogP contribution is 2.38. The Hall–Kier alpha value is -1.28. The Morgan fingerprint density at radius 1 is 1.23 bits per heavy atom. The van der Waals surface area contributed by atoms with E-state index in [0.29, 0.717) is 10.9 Å². The van der Waals surface area contributed by atoms with E-state index in [-0.39, 0.29) is 35.7 Å². The van der Waals surface area contributed by atoms with Crippen molar-refractivity contribution in [3.05, 3.63) is 23.2 Å². The summed E-state index contributed by atoms with van der Waals surface area (Å²) in [6, 6.07) is 5.46. The monoisotopic (exact) mass is 451 g/mol. The summed E-state index contributed by atoms with van der Waals surface area (Å²) in [5, 5.41) is 3.09. The summed E-state index contributed by atoms with van der Waals surface area (Å²) in [6.07, 6.45) is 2.86. The number of carbonyl (C=O) groups is 2. The summed E-state index contributed by atoms with van der Waals surface area (Å²) in [5.74, 6) is 0.580. The maximum Gasteiger partial charge on any atom is 0.238 e. The molecule has 1 aromatic carbocycles. The first-order valence-corrected chi connectivity index (χ1v) is 12.1. The average molecular weight is 452 g/mol. The van der Waals surface area contributed by atoms with Gasteiger partial charge in [-0.1, -0.05) is 11.6 Å². The molecule has 6 nitrogen and oxygen atoms in total. The second kappa shape index (κ2) is 9.47. The number of likely N-dealkylation sites (tertiary alicyclic amines) is 1.